The van der Waals surface area contributed by atoms with Gasteiger partial charge in [0, 0.05) is 17.7 Å². The van der Waals surface area contributed by atoms with Crippen LogP contribution in [0.4, 0.5) is 17.6 Å². The van der Waals surface area contributed by atoms with Crippen LogP contribution in [-0.4, -0.2) is 34.2 Å². The first-order valence-electron chi connectivity index (χ1n) is 11.1. The second-order valence-corrected chi connectivity index (χ2v) is 9.73. The molecule has 2 amide bonds. The van der Waals surface area contributed by atoms with Gasteiger partial charge in [0.25, 0.3) is 11.8 Å². The number of nitrogens with zero attached hydrogens (tertiary/aromatic N) is 1. The van der Waals surface area contributed by atoms with Crippen molar-refractivity contribution in [3.05, 3.63) is 82.8 Å². The number of hydrogen-bond donors (Lipinski definition) is 1. The Hall–Kier alpha value is -3.49. The maximum Gasteiger partial charge on any atom is 0.425 e. The molecule has 0 spiro atoms. The number of carbonyl (C=O) groups excluding carboxylic acids is 3. The summed E-state index contributed by atoms with van der Waals surface area (Å²) < 4.78 is 57.9. The lowest BCUT2D eigenvalue weighted by Crippen LogP contribution is -2.66. The van der Waals surface area contributed by atoms with E-state index < -0.39 is 52.2 Å². The van der Waals surface area contributed by atoms with Gasteiger partial charge in [-0.05, 0) is 48.6 Å². The zero-order valence-electron chi connectivity index (χ0n) is 19.4. The number of nitrogens with one attached hydrogen (secondary N) is 1. The summed E-state index contributed by atoms with van der Waals surface area (Å²) in [5, 5.41) is 1.85. The third-order valence-electron chi connectivity index (χ3n) is 6.56. The molecule has 2 aromatic rings. The Morgan fingerprint density at radius 3 is 2.17 bits per heavy atom. The van der Waals surface area contributed by atoms with Gasteiger partial charge in [0.1, 0.15) is 5.82 Å². The van der Waals surface area contributed by atoms with Crippen LogP contribution in [0.2, 0.25) is 0 Å². The van der Waals surface area contributed by atoms with Gasteiger partial charge in [-0.1, -0.05) is 44.2 Å². The maximum atomic E-state index is 14.9. The van der Waals surface area contributed by atoms with Crippen LogP contribution >= 0.6 is 0 Å². The topological polar surface area (TPSA) is 66.5 Å². The van der Waals surface area contributed by atoms with E-state index in [2.05, 4.69) is 0 Å². The first-order chi connectivity index (χ1) is 16.3. The summed E-state index contributed by atoms with van der Waals surface area (Å²) in [6.45, 7) is 5.07. The molecule has 0 bridgehead atoms. The number of rotatable bonds is 4. The molecule has 0 radical (unpaired) electrons. The van der Waals surface area contributed by atoms with E-state index >= 15 is 0 Å². The Morgan fingerprint density at radius 2 is 1.60 bits per heavy atom. The highest BCUT2D eigenvalue weighted by molar-refractivity contribution is 6.14. The SMILES string of the molecule is C[C@@H](c1ccccc1)N1C(=O)[C@@](NC(=O)c2ccc(F)cc2)(C(F)(F)F)C2=C1CC(C)(C)CC2=O. The molecule has 0 fully saturated rings. The molecule has 1 heterocycles. The normalized spacial score (nSPS) is 22.8. The fraction of sp³-hybridized carbons (Fsp3) is 0.346. The number of hydrogen-bond acceptors (Lipinski definition) is 3. The molecule has 35 heavy (non-hydrogen) atoms. The lowest BCUT2D eigenvalue weighted by atomic mass is 9.72. The molecule has 2 aliphatic rings. The smallest absolute Gasteiger partial charge is 0.326 e. The Balaban J connectivity index is 1.91. The second kappa shape index (κ2) is 8.32. The van der Waals surface area contributed by atoms with Crippen molar-refractivity contribution in [3.8, 4) is 0 Å². The van der Waals surface area contributed by atoms with Crippen molar-refractivity contribution < 1.29 is 31.9 Å². The van der Waals surface area contributed by atoms with Gasteiger partial charge in [0.15, 0.2) is 5.78 Å². The van der Waals surface area contributed by atoms with Crippen LogP contribution < -0.4 is 5.32 Å². The minimum atomic E-state index is -5.32. The van der Waals surface area contributed by atoms with Gasteiger partial charge in [0.2, 0.25) is 5.54 Å². The van der Waals surface area contributed by atoms with E-state index in [0.29, 0.717) is 5.56 Å². The van der Waals surface area contributed by atoms with Gasteiger partial charge in [-0.15, -0.1) is 0 Å². The van der Waals surface area contributed by atoms with Crippen LogP contribution in [0.5, 0.6) is 0 Å². The molecule has 9 heteroatoms. The number of carbonyl (C=O) groups is 3. The Kier molecular flexibility index (Phi) is 5.85. The summed E-state index contributed by atoms with van der Waals surface area (Å²) >= 11 is 0. The fourth-order valence-corrected chi connectivity index (χ4v) is 4.91. The zero-order valence-corrected chi connectivity index (χ0v) is 19.4. The summed E-state index contributed by atoms with van der Waals surface area (Å²) in [4.78, 5) is 40.9. The quantitative estimate of drug-likeness (QED) is 0.609. The molecule has 0 saturated heterocycles. The van der Waals surface area contributed by atoms with Crippen molar-refractivity contribution >= 4 is 17.6 Å². The standard InChI is InChI=1S/C26H24F4N2O3/c1-15(16-7-5-4-6-8-16)32-19-13-24(2,3)14-20(33)21(19)25(23(32)35,26(28,29)30)31-22(34)17-9-11-18(27)12-10-17/h4-12,15H,13-14H2,1-3H3,(H,31,34)/t15-,25+/m0/s1. The van der Waals surface area contributed by atoms with Gasteiger partial charge in [-0.3, -0.25) is 14.4 Å². The van der Waals surface area contributed by atoms with Crippen molar-refractivity contribution in [2.45, 2.75) is 51.4 Å². The van der Waals surface area contributed by atoms with Crippen molar-refractivity contribution in [1.29, 1.82) is 0 Å². The number of benzene rings is 2. The summed E-state index contributed by atoms with van der Waals surface area (Å²) in [7, 11) is 0. The third kappa shape index (κ3) is 4.02. The van der Waals surface area contributed by atoms with Crippen LogP contribution in [0, 0.1) is 11.2 Å². The van der Waals surface area contributed by atoms with Gasteiger partial charge >= 0.3 is 6.18 Å². The van der Waals surface area contributed by atoms with E-state index in [9.17, 15) is 31.9 Å². The molecule has 1 N–H and O–H groups in total. The van der Waals surface area contributed by atoms with Crippen LogP contribution in [0.1, 0.15) is 55.6 Å². The Morgan fingerprint density at radius 1 is 1.00 bits per heavy atom. The average Bonchev–Trinajstić information content (AvgIpc) is 3.01. The summed E-state index contributed by atoms with van der Waals surface area (Å²) in [6.07, 6.45) is -5.49. The van der Waals surface area contributed by atoms with E-state index in [1.807, 2.05) is 5.32 Å². The maximum absolute atomic E-state index is 14.9. The number of amides is 2. The van der Waals surface area contributed by atoms with Gasteiger partial charge in [-0.2, -0.15) is 13.2 Å². The van der Waals surface area contributed by atoms with E-state index in [1.165, 1.54) is 0 Å². The first kappa shape index (κ1) is 24.6. The zero-order chi connectivity index (χ0) is 25.8. The minimum absolute atomic E-state index is 0.0377. The Labute approximate surface area is 199 Å². The molecule has 0 saturated carbocycles. The van der Waals surface area contributed by atoms with Crippen LogP contribution in [-0.2, 0) is 9.59 Å². The fourth-order valence-electron chi connectivity index (χ4n) is 4.91. The molecule has 1 aliphatic carbocycles. The van der Waals surface area contributed by atoms with Crippen LogP contribution in [0.25, 0.3) is 0 Å². The number of halogens is 4. The molecule has 184 valence electrons. The highest BCUT2D eigenvalue weighted by atomic mass is 19.4. The predicted molar refractivity (Wildman–Crippen MR) is 119 cm³/mol. The largest absolute Gasteiger partial charge is 0.425 e. The highest BCUT2D eigenvalue weighted by Gasteiger charge is 2.72. The molecular formula is C26H24F4N2O3. The molecule has 1 aliphatic heterocycles. The minimum Gasteiger partial charge on any atom is -0.326 e. The summed E-state index contributed by atoms with van der Waals surface area (Å²) in [5.74, 6) is -4.20. The van der Waals surface area contributed by atoms with Crippen LogP contribution in [0.15, 0.2) is 65.9 Å². The number of Topliss-reactive ketones (excluding diaryl/α,β-unsaturated/α-hetero) is 1. The van der Waals surface area contributed by atoms with Gasteiger partial charge in [0.05, 0.1) is 11.6 Å². The van der Waals surface area contributed by atoms with E-state index in [1.54, 1.807) is 51.1 Å². The monoisotopic (exact) mass is 488 g/mol. The first-order valence-corrected chi connectivity index (χ1v) is 11.1. The molecule has 2 aromatic carbocycles. The van der Waals surface area contributed by atoms with Crippen molar-refractivity contribution in [2.24, 2.45) is 5.41 Å². The van der Waals surface area contributed by atoms with E-state index in [-0.39, 0.29) is 24.1 Å². The molecule has 0 aromatic heterocycles. The summed E-state index contributed by atoms with van der Waals surface area (Å²) in [6, 6.07) is 11.5. The number of allylic oxidation sites excluding steroid dienone is 1. The van der Waals surface area contributed by atoms with Gasteiger partial charge < -0.3 is 10.2 Å². The lowest BCUT2D eigenvalue weighted by molar-refractivity contribution is -0.191. The van der Waals surface area contributed by atoms with E-state index in [0.717, 1.165) is 29.2 Å². The summed E-state index contributed by atoms with van der Waals surface area (Å²) in [5.41, 5.74) is -4.72. The molecular weight excluding hydrogens is 464 g/mol. The molecule has 4 rings (SSSR count). The third-order valence-corrected chi connectivity index (χ3v) is 6.56. The number of alkyl halides is 3. The molecule has 5 nitrogen and oxygen atoms in total. The number of ketones is 1. The van der Waals surface area contributed by atoms with Crippen molar-refractivity contribution in [3.63, 3.8) is 0 Å². The van der Waals surface area contributed by atoms with Gasteiger partial charge in [-0.25, -0.2) is 4.39 Å². The van der Waals surface area contributed by atoms with E-state index in [4.69, 9.17) is 0 Å². The predicted octanol–water partition coefficient (Wildman–Crippen LogP) is 5.10. The Bertz CT molecular complexity index is 1220. The van der Waals surface area contributed by atoms with Crippen LogP contribution in [0.3, 0.4) is 0 Å². The molecule has 2 atom stereocenters. The average molecular weight is 488 g/mol. The molecule has 0 unspecified atom stereocenters. The van der Waals surface area contributed by atoms with Crippen molar-refractivity contribution in [2.75, 3.05) is 0 Å². The second-order valence-electron chi connectivity index (χ2n) is 9.73. The highest BCUT2D eigenvalue weighted by Crippen LogP contribution is 2.53. The lowest BCUT2D eigenvalue weighted by Gasteiger charge is -2.35. The van der Waals surface area contributed by atoms with Crippen molar-refractivity contribution in [1.82, 2.24) is 10.2 Å².